The maximum atomic E-state index is 11.6. The van der Waals surface area contributed by atoms with Crippen LogP contribution in [0.15, 0.2) is 24.3 Å². The number of ether oxygens (including phenoxy) is 2. The average molecular weight is 312 g/mol. The van der Waals surface area contributed by atoms with E-state index < -0.39 is 12.1 Å². The lowest BCUT2D eigenvalue weighted by Crippen LogP contribution is -2.32. The Morgan fingerprint density at radius 1 is 1.43 bits per heavy atom. The predicted molar refractivity (Wildman–Crippen MR) is 78.1 cm³/mol. The molecular formula is C15H18ClNO4. The van der Waals surface area contributed by atoms with Crippen LogP contribution in [0.2, 0.25) is 5.02 Å². The van der Waals surface area contributed by atoms with Crippen LogP contribution in [0.25, 0.3) is 0 Å². The van der Waals surface area contributed by atoms with Crippen LogP contribution >= 0.6 is 11.6 Å². The lowest BCUT2D eigenvalue weighted by molar-refractivity contribution is -0.157. The molecule has 6 heteroatoms. The highest BCUT2D eigenvalue weighted by molar-refractivity contribution is 6.30. The number of benzene rings is 1. The largest absolute Gasteiger partial charge is 0.454 e. The molecule has 1 N–H and O–H groups in total. The van der Waals surface area contributed by atoms with E-state index in [0.29, 0.717) is 31.0 Å². The third-order valence-corrected chi connectivity index (χ3v) is 3.40. The summed E-state index contributed by atoms with van der Waals surface area (Å²) in [6, 6.07) is 7.46. The highest BCUT2D eigenvalue weighted by Gasteiger charge is 2.25. The van der Waals surface area contributed by atoms with Crippen molar-refractivity contribution >= 4 is 23.5 Å². The lowest BCUT2D eigenvalue weighted by Gasteiger charge is -2.10. The van der Waals surface area contributed by atoms with Gasteiger partial charge in [-0.25, -0.2) is 4.79 Å². The van der Waals surface area contributed by atoms with Gasteiger partial charge in [0.05, 0.1) is 0 Å². The summed E-state index contributed by atoms with van der Waals surface area (Å²) in [5.74, 6) is -0.777. The van der Waals surface area contributed by atoms with Gasteiger partial charge in [-0.15, -0.1) is 0 Å². The van der Waals surface area contributed by atoms with E-state index in [1.54, 1.807) is 6.07 Å². The molecule has 1 aliphatic rings. The van der Waals surface area contributed by atoms with E-state index in [0.717, 1.165) is 12.0 Å². The van der Waals surface area contributed by atoms with Crippen molar-refractivity contribution in [3.8, 4) is 0 Å². The van der Waals surface area contributed by atoms with E-state index in [4.69, 9.17) is 21.1 Å². The smallest absolute Gasteiger partial charge is 0.335 e. The summed E-state index contributed by atoms with van der Waals surface area (Å²) >= 11 is 5.88. The van der Waals surface area contributed by atoms with Gasteiger partial charge in [-0.05, 0) is 37.0 Å². The second-order valence-corrected chi connectivity index (χ2v) is 5.28. The van der Waals surface area contributed by atoms with E-state index in [1.165, 1.54) is 0 Å². The Bertz CT molecular complexity index is 500. The summed E-state index contributed by atoms with van der Waals surface area (Å²) in [6.07, 6.45) is 1.68. The minimum absolute atomic E-state index is 0.270. The Balaban J connectivity index is 1.62. The van der Waals surface area contributed by atoms with Gasteiger partial charge >= 0.3 is 5.97 Å². The standard InChI is InChI=1S/C15H18ClNO4/c16-12-4-1-3-11(9-12)6-7-17-14(18)10-21-15(19)13-5-2-8-20-13/h1,3-4,9,13H,2,5-8,10H2,(H,17,18). The SMILES string of the molecule is O=C(COC(=O)C1CCCO1)NCCc1cccc(Cl)c1. The second-order valence-electron chi connectivity index (χ2n) is 4.84. The number of esters is 1. The van der Waals surface area contributed by atoms with E-state index in [-0.39, 0.29) is 12.5 Å². The predicted octanol–water partition coefficient (Wildman–Crippen LogP) is 1.72. The molecule has 0 aromatic heterocycles. The van der Waals surface area contributed by atoms with Gasteiger partial charge in [0.1, 0.15) is 0 Å². The molecule has 1 aromatic carbocycles. The van der Waals surface area contributed by atoms with Crippen molar-refractivity contribution in [1.82, 2.24) is 5.32 Å². The summed E-state index contributed by atoms with van der Waals surface area (Å²) < 4.78 is 10.1. The van der Waals surface area contributed by atoms with Crippen LogP contribution in [-0.2, 0) is 25.5 Å². The highest BCUT2D eigenvalue weighted by atomic mass is 35.5. The van der Waals surface area contributed by atoms with Crippen LogP contribution in [0.3, 0.4) is 0 Å². The summed E-state index contributed by atoms with van der Waals surface area (Å²) in [4.78, 5) is 23.1. The Labute approximate surface area is 128 Å². The molecule has 0 spiro atoms. The molecule has 0 aliphatic carbocycles. The van der Waals surface area contributed by atoms with E-state index in [9.17, 15) is 9.59 Å². The van der Waals surface area contributed by atoms with Crippen molar-refractivity contribution in [2.24, 2.45) is 0 Å². The van der Waals surface area contributed by atoms with Gasteiger partial charge in [0.25, 0.3) is 5.91 Å². The monoisotopic (exact) mass is 311 g/mol. The van der Waals surface area contributed by atoms with Crippen molar-refractivity contribution in [2.45, 2.75) is 25.4 Å². The van der Waals surface area contributed by atoms with E-state index in [2.05, 4.69) is 5.32 Å². The lowest BCUT2D eigenvalue weighted by atomic mass is 10.1. The summed E-state index contributed by atoms with van der Waals surface area (Å²) in [6.45, 7) is 0.774. The molecule has 1 fully saturated rings. The van der Waals surface area contributed by atoms with Crippen molar-refractivity contribution < 1.29 is 19.1 Å². The van der Waals surface area contributed by atoms with Gasteiger partial charge in [0, 0.05) is 18.2 Å². The molecular weight excluding hydrogens is 294 g/mol. The normalized spacial score (nSPS) is 17.5. The summed E-state index contributed by atoms with van der Waals surface area (Å²) in [5.41, 5.74) is 1.04. The molecule has 1 saturated heterocycles. The van der Waals surface area contributed by atoms with Gasteiger partial charge in [0.15, 0.2) is 12.7 Å². The summed E-state index contributed by atoms with van der Waals surface area (Å²) in [5, 5.41) is 3.37. The first kappa shape index (κ1) is 15.8. The molecule has 1 aromatic rings. The number of carbonyl (C=O) groups is 2. The van der Waals surface area contributed by atoms with Crippen LogP contribution in [-0.4, -0.2) is 37.7 Å². The molecule has 1 atom stereocenters. The van der Waals surface area contributed by atoms with Crippen molar-refractivity contribution in [3.05, 3.63) is 34.9 Å². The second kappa shape index (κ2) is 8.00. The third kappa shape index (κ3) is 5.36. The van der Waals surface area contributed by atoms with Crippen LogP contribution < -0.4 is 5.32 Å². The summed E-state index contributed by atoms with van der Waals surface area (Å²) in [7, 11) is 0. The van der Waals surface area contributed by atoms with Crippen LogP contribution in [0.1, 0.15) is 18.4 Å². The van der Waals surface area contributed by atoms with Crippen molar-refractivity contribution in [1.29, 1.82) is 0 Å². The van der Waals surface area contributed by atoms with E-state index in [1.807, 2.05) is 18.2 Å². The fraction of sp³-hybridized carbons (Fsp3) is 0.467. The highest BCUT2D eigenvalue weighted by Crippen LogP contribution is 2.13. The zero-order valence-electron chi connectivity index (χ0n) is 11.6. The topological polar surface area (TPSA) is 64.6 Å². The Kier molecular flexibility index (Phi) is 6.02. The molecule has 5 nitrogen and oxygen atoms in total. The molecule has 2 rings (SSSR count). The fourth-order valence-corrected chi connectivity index (χ4v) is 2.30. The van der Waals surface area contributed by atoms with Crippen LogP contribution in [0.5, 0.6) is 0 Å². The molecule has 1 unspecified atom stereocenters. The number of halogens is 1. The maximum Gasteiger partial charge on any atom is 0.335 e. The van der Waals surface area contributed by atoms with Crippen LogP contribution in [0.4, 0.5) is 0 Å². The number of amides is 1. The van der Waals surface area contributed by atoms with Gasteiger partial charge in [0.2, 0.25) is 0 Å². The van der Waals surface area contributed by atoms with Gasteiger partial charge < -0.3 is 14.8 Å². The molecule has 0 radical (unpaired) electrons. The number of carbonyl (C=O) groups excluding carboxylic acids is 2. The minimum Gasteiger partial charge on any atom is -0.454 e. The Morgan fingerprint density at radius 3 is 3.00 bits per heavy atom. The first-order chi connectivity index (χ1) is 10.1. The zero-order valence-corrected chi connectivity index (χ0v) is 12.4. The Morgan fingerprint density at radius 2 is 2.29 bits per heavy atom. The van der Waals surface area contributed by atoms with Crippen LogP contribution in [0, 0.1) is 0 Å². The third-order valence-electron chi connectivity index (χ3n) is 3.16. The Hall–Kier alpha value is -1.59. The average Bonchev–Trinajstić information content (AvgIpc) is 2.99. The van der Waals surface area contributed by atoms with Gasteiger partial charge in [-0.2, -0.15) is 0 Å². The number of hydrogen-bond donors (Lipinski definition) is 1. The number of rotatable bonds is 6. The van der Waals surface area contributed by atoms with Crippen molar-refractivity contribution in [2.75, 3.05) is 19.8 Å². The molecule has 21 heavy (non-hydrogen) atoms. The molecule has 0 saturated carbocycles. The minimum atomic E-state index is -0.510. The number of nitrogens with one attached hydrogen (secondary N) is 1. The van der Waals surface area contributed by atoms with Crippen molar-refractivity contribution in [3.63, 3.8) is 0 Å². The zero-order chi connectivity index (χ0) is 15.1. The fourth-order valence-electron chi connectivity index (χ4n) is 2.08. The van der Waals surface area contributed by atoms with Gasteiger partial charge in [-0.1, -0.05) is 23.7 Å². The molecule has 0 bridgehead atoms. The molecule has 1 heterocycles. The first-order valence-corrected chi connectivity index (χ1v) is 7.32. The van der Waals surface area contributed by atoms with E-state index >= 15 is 0 Å². The molecule has 1 amide bonds. The number of hydrogen-bond acceptors (Lipinski definition) is 4. The molecule has 1 aliphatic heterocycles. The maximum absolute atomic E-state index is 11.6. The quantitative estimate of drug-likeness (QED) is 0.813. The van der Waals surface area contributed by atoms with Gasteiger partial charge in [-0.3, -0.25) is 4.79 Å². The molecule has 114 valence electrons. The first-order valence-electron chi connectivity index (χ1n) is 6.94.